The summed E-state index contributed by atoms with van der Waals surface area (Å²) in [4.78, 5) is 11.0. The number of aliphatic hydroxyl groups is 2. The molecular weight excluding hydrogens is 240 g/mol. The van der Waals surface area contributed by atoms with Gasteiger partial charge >= 0.3 is 5.97 Å². The Morgan fingerprint density at radius 1 is 1.44 bits per heavy atom. The fourth-order valence-electron chi connectivity index (χ4n) is 2.19. The third-order valence-corrected chi connectivity index (χ3v) is 3.47. The Bertz CT molecular complexity index is 290. The summed E-state index contributed by atoms with van der Waals surface area (Å²) in [7, 11) is 1.57. The zero-order valence-electron chi connectivity index (χ0n) is 11.0. The molecule has 1 rings (SSSR count). The largest absolute Gasteiger partial charge is 0.479 e. The van der Waals surface area contributed by atoms with E-state index in [0.29, 0.717) is 13.0 Å². The van der Waals surface area contributed by atoms with Crippen LogP contribution < -0.4 is 0 Å². The summed E-state index contributed by atoms with van der Waals surface area (Å²) in [6.45, 7) is 4.20. The summed E-state index contributed by atoms with van der Waals surface area (Å²) in [5, 5.41) is 28.7. The molecule has 1 heterocycles. The van der Waals surface area contributed by atoms with E-state index in [9.17, 15) is 15.0 Å². The molecule has 0 aromatic carbocycles. The van der Waals surface area contributed by atoms with Gasteiger partial charge in [0.05, 0.1) is 12.2 Å². The molecule has 0 aliphatic carbocycles. The van der Waals surface area contributed by atoms with Crippen LogP contribution in [0.3, 0.4) is 0 Å². The average molecular weight is 262 g/mol. The molecular formula is C12H22O6. The monoisotopic (exact) mass is 262 g/mol. The number of aliphatic hydroxyl groups excluding tert-OH is 2. The van der Waals surface area contributed by atoms with Gasteiger partial charge in [0.1, 0.15) is 6.10 Å². The first-order valence-corrected chi connectivity index (χ1v) is 6.03. The van der Waals surface area contributed by atoms with Crippen LogP contribution in [-0.4, -0.2) is 59.4 Å². The van der Waals surface area contributed by atoms with Crippen LogP contribution in [0, 0.1) is 5.41 Å². The van der Waals surface area contributed by atoms with Crippen LogP contribution in [0.5, 0.6) is 0 Å². The SMILES string of the molecule is COCCC(C)(C)C1O[C@H](C(=O)O)C[C@H](O)[C@@H]1O. The molecule has 1 aliphatic rings. The van der Waals surface area contributed by atoms with Crippen molar-refractivity contribution < 1.29 is 29.6 Å². The summed E-state index contributed by atoms with van der Waals surface area (Å²) < 4.78 is 10.4. The first kappa shape index (κ1) is 15.4. The van der Waals surface area contributed by atoms with E-state index in [1.54, 1.807) is 7.11 Å². The number of carbonyl (C=O) groups is 1. The van der Waals surface area contributed by atoms with Crippen LogP contribution in [0.4, 0.5) is 0 Å². The number of carboxylic acids is 1. The molecule has 0 radical (unpaired) electrons. The molecule has 0 aromatic heterocycles. The van der Waals surface area contributed by atoms with Crippen LogP contribution in [0.1, 0.15) is 26.7 Å². The van der Waals surface area contributed by atoms with Crippen LogP contribution in [0.15, 0.2) is 0 Å². The highest BCUT2D eigenvalue weighted by Gasteiger charge is 2.46. The standard InChI is InChI=1S/C12H22O6/c1-12(2,4-5-17-3)10-9(14)7(13)6-8(18-10)11(15)16/h7-10,13-14H,4-6H2,1-3H3,(H,15,16)/t7-,8-,9-,10?/m0/s1. The number of aliphatic carboxylic acids is 1. The van der Waals surface area contributed by atoms with Gasteiger partial charge < -0.3 is 24.8 Å². The van der Waals surface area contributed by atoms with Gasteiger partial charge in [-0.05, 0) is 11.8 Å². The van der Waals surface area contributed by atoms with E-state index in [2.05, 4.69) is 0 Å². The maximum Gasteiger partial charge on any atom is 0.332 e. The van der Waals surface area contributed by atoms with E-state index in [4.69, 9.17) is 14.6 Å². The maximum atomic E-state index is 11.0. The molecule has 1 fully saturated rings. The van der Waals surface area contributed by atoms with Crippen molar-refractivity contribution in [2.75, 3.05) is 13.7 Å². The van der Waals surface area contributed by atoms with Crippen molar-refractivity contribution in [1.29, 1.82) is 0 Å². The molecule has 0 aromatic rings. The fourth-order valence-corrected chi connectivity index (χ4v) is 2.19. The first-order chi connectivity index (χ1) is 8.29. The smallest absolute Gasteiger partial charge is 0.332 e. The minimum absolute atomic E-state index is 0.0899. The Morgan fingerprint density at radius 2 is 2.06 bits per heavy atom. The average Bonchev–Trinajstić information content (AvgIpc) is 2.29. The molecule has 18 heavy (non-hydrogen) atoms. The number of hydrogen-bond donors (Lipinski definition) is 3. The van der Waals surface area contributed by atoms with Crippen molar-refractivity contribution in [2.45, 2.75) is 51.1 Å². The Kier molecular flexibility index (Phi) is 5.10. The molecule has 106 valence electrons. The van der Waals surface area contributed by atoms with Gasteiger partial charge in [-0.25, -0.2) is 4.79 Å². The second kappa shape index (κ2) is 5.97. The number of methoxy groups -OCH3 is 1. The van der Waals surface area contributed by atoms with E-state index >= 15 is 0 Å². The van der Waals surface area contributed by atoms with Crippen LogP contribution in [0.2, 0.25) is 0 Å². The Labute approximate surface area is 107 Å². The molecule has 3 N–H and O–H groups in total. The highest BCUT2D eigenvalue weighted by Crippen LogP contribution is 2.35. The lowest BCUT2D eigenvalue weighted by atomic mass is 9.77. The van der Waals surface area contributed by atoms with Gasteiger partial charge in [-0.3, -0.25) is 0 Å². The highest BCUT2D eigenvalue weighted by atomic mass is 16.5. The fraction of sp³-hybridized carbons (Fsp3) is 0.917. The summed E-state index contributed by atoms with van der Waals surface area (Å²) in [5.41, 5.74) is -0.482. The van der Waals surface area contributed by atoms with Crippen LogP contribution >= 0.6 is 0 Å². The van der Waals surface area contributed by atoms with Crippen molar-refractivity contribution in [3.8, 4) is 0 Å². The lowest BCUT2D eigenvalue weighted by Gasteiger charge is -2.43. The van der Waals surface area contributed by atoms with Crippen LogP contribution in [0.25, 0.3) is 0 Å². The third kappa shape index (κ3) is 3.41. The zero-order chi connectivity index (χ0) is 13.9. The lowest BCUT2D eigenvalue weighted by molar-refractivity contribution is -0.213. The van der Waals surface area contributed by atoms with Crippen molar-refractivity contribution >= 4 is 5.97 Å². The van der Waals surface area contributed by atoms with E-state index < -0.39 is 35.8 Å². The van der Waals surface area contributed by atoms with Gasteiger partial charge in [0.15, 0.2) is 6.10 Å². The molecule has 0 bridgehead atoms. The Balaban J connectivity index is 2.80. The second-order valence-electron chi connectivity index (χ2n) is 5.41. The minimum atomic E-state index is -1.12. The Morgan fingerprint density at radius 3 is 2.56 bits per heavy atom. The van der Waals surface area contributed by atoms with E-state index in [1.807, 2.05) is 13.8 Å². The molecule has 0 spiro atoms. The van der Waals surface area contributed by atoms with Gasteiger partial charge in [0.25, 0.3) is 0 Å². The molecule has 0 amide bonds. The van der Waals surface area contributed by atoms with Crippen LogP contribution in [-0.2, 0) is 14.3 Å². The van der Waals surface area contributed by atoms with Crippen molar-refractivity contribution in [3.05, 3.63) is 0 Å². The van der Waals surface area contributed by atoms with Crippen molar-refractivity contribution in [1.82, 2.24) is 0 Å². The molecule has 0 saturated carbocycles. The molecule has 6 nitrogen and oxygen atoms in total. The van der Waals surface area contributed by atoms with Gasteiger partial charge in [0, 0.05) is 20.1 Å². The zero-order valence-corrected chi connectivity index (χ0v) is 11.0. The lowest BCUT2D eigenvalue weighted by Crippen LogP contribution is -2.56. The van der Waals surface area contributed by atoms with Gasteiger partial charge in [-0.15, -0.1) is 0 Å². The summed E-state index contributed by atoms with van der Waals surface area (Å²) in [5.74, 6) is -1.12. The first-order valence-electron chi connectivity index (χ1n) is 6.03. The number of ether oxygens (including phenoxy) is 2. The van der Waals surface area contributed by atoms with Gasteiger partial charge in [-0.1, -0.05) is 13.8 Å². The number of carboxylic acid groups (broad SMARTS) is 1. The van der Waals surface area contributed by atoms with E-state index in [-0.39, 0.29) is 6.42 Å². The predicted molar refractivity (Wildman–Crippen MR) is 63.2 cm³/mol. The minimum Gasteiger partial charge on any atom is -0.479 e. The Hall–Kier alpha value is -0.690. The van der Waals surface area contributed by atoms with Crippen molar-refractivity contribution in [2.24, 2.45) is 5.41 Å². The highest BCUT2D eigenvalue weighted by molar-refractivity contribution is 5.72. The van der Waals surface area contributed by atoms with E-state index in [1.165, 1.54) is 0 Å². The quantitative estimate of drug-likeness (QED) is 0.646. The van der Waals surface area contributed by atoms with E-state index in [0.717, 1.165) is 0 Å². The third-order valence-electron chi connectivity index (χ3n) is 3.47. The van der Waals surface area contributed by atoms with Gasteiger partial charge in [-0.2, -0.15) is 0 Å². The number of rotatable bonds is 5. The normalized spacial score (nSPS) is 33.4. The predicted octanol–water partition coefficient (Wildman–Crippen LogP) is 0.0130. The molecule has 1 unspecified atom stereocenters. The molecule has 1 saturated heterocycles. The summed E-state index contributed by atoms with van der Waals surface area (Å²) in [6, 6.07) is 0. The molecule has 1 aliphatic heterocycles. The molecule has 6 heteroatoms. The van der Waals surface area contributed by atoms with Gasteiger partial charge in [0.2, 0.25) is 0 Å². The van der Waals surface area contributed by atoms with Crippen molar-refractivity contribution in [3.63, 3.8) is 0 Å². The topological polar surface area (TPSA) is 96.2 Å². The number of hydrogen-bond acceptors (Lipinski definition) is 5. The second-order valence-corrected chi connectivity index (χ2v) is 5.41. The summed E-state index contributed by atoms with van der Waals surface area (Å²) >= 11 is 0. The summed E-state index contributed by atoms with van der Waals surface area (Å²) in [6.07, 6.45) is -3.44. The maximum absolute atomic E-state index is 11.0. The molecule has 4 atom stereocenters.